The van der Waals surface area contributed by atoms with Crippen LogP contribution in [-0.4, -0.2) is 16.0 Å². The number of rotatable bonds is 3. The first-order valence-corrected chi connectivity index (χ1v) is 6.43. The first-order valence-electron chi connectivity index (χ1n) is 5.61. The molecule has 3 nitrogen and oxygen atoms in total. The maximum absolute atomic E-state index is 10.8. The van der Waals surface area contributed by atoms with Crippen molar-refractivity contribution in [3.63, 3.8) is 0 Å². The summed E-state index contributed by atoms with van der Waals surface area (Å²) in [7, 11) is 0. The van der Waals surface area contributed by atoms with Crippen LogP contribution in [0.4, 0.5) is 0 Å². The van der Waals surface area contributed by atoms with Crippen LogP contribution in [0.15, 0.2) is 23.1 Å². The molecule has 0 aromatic heterocycles. The molecule has 1 aromatic carbocycles. The summed E-state index contributed by atoms with van der Waals surface area (Å²) in [5.41, 5.74) is 1.01. The van der Waals surface area contributed by atoms with Gasteiger partial charge >= 0.3 is 5.97 Å². The Morgan fingerprint density at radius 2 is 2.24 bits per heavy atom. The lowest BCUT2D eigenvalue weighted by atomic mass is 10.0. The van der Waals surface area contributed by atoms with Gasteiger partial charge in [-0.25, -0.2) is 0 Å². The van der Waals surface area contributed by atoms with E-state index in [4.69, 9.17) is 9.84 Å². The van der Waals surface area contributed by atoms with Gasteiger partial charge in [0.25, 0.3) is 0 Å². The zero-order valence-electron chi connectivity index (χ0n) is 10.2. The predicted octanol–water partition coefficient (Wildman–Crippen LogP) is 3.17. The number of carboxylic acid groups (broad SMARTS) is 1. The van der Waals surface area contributed by atoms with Crippen molar-refractivity contribution in [2.24, 2.45) is 5.92 Å². The van der Waals surface area contributed by atoms with Gasteiger partial charge in [0, 0.05) is 0 Å². The van der Waals surface area contributed by atoms with Crippen LogP contribution >= 0.6 is 11.8 Å². The van der Waals surface area contributed by atoms with Crippen molar-refractivity contribution in [1.29, 1.82) is 0 Å². The molecule has 1 N–H and O–H groups in total. The molecule has 0 saturated carbocycles. The van der Waals surface area contributed by atoms with Gasteiger partial charge in [0.15, 0.2) is 4.93 Å². The Morgan fingerprint density at radius 3 is 2.88 bits per heavy atom. The molecule has 1 aromatic rings. The zero-order valence-corrected chi connectivity index (χ0v) is 11.0. The normalized spacial score (nSPS) is 18.3. The lowest BCUT2D eigenvalue weighted by molar-refractivity contribution is -0.141. The van der Waals surface area contributed by atoms with Crippen molar-refractivity contribution in [3.8, 4) is 5.75 Å². The predicted molar refractivity (Wildman–Crippen MR) is 67.5 cm³/mol. The molecule has 92 valence electrons. The summed E-state index contributed by atoms with van der Waals surface area (Å²) in [4.78, 5) is 11.7. The molecule has 0 saturated heterocycles. The Bertz CT molecular complexity index is 454. The second kappa shape index (κ2) is 4.26. The zero-order chi connectivity index (χ0) is 12.6. The number of benzene rings is 1. The number of thioether (sulfide) groups is 1. The monoisotopic (exact) mass is 252 g/mol. The van der Waals surface area contributed by atoms with E-state index in [1.807, 2.05) is 32.0 Å². The largest absolute Gasteiger partial charge is 0.481 e. The molecule has 0 bridgehead atoms. The van der Waals surface area contributed by atoms with Gasteiger partial charge in [-0.05, 0) is 38.0 Å². The molecule has 0 radical (unpaired) electrons. The minimum absolute atomic E-state index is 0.223. The van der Waals surface area contributed by atoms with Crippen LogP contribution in [0.3, 0.4) is 0 Å². The van der Waals surface area contributed by atoms with Gasteiger partial charge in [0.05, 0.1) is 10.8 Å². The number of ether oxygens (including phenoxy) is 1. The second-order valence-corrected chi connectivity index (χ2v) is 6.46. The van der Waals surface area contributed by atoms with Crippen LogP contribution in [0.5, 0.6) is 5.75 Å². The SMILES string of the molecule is CC(Cc1ccc2c(c1)OC(C)(C)S2)C(=O)O. The van der Waals surface area contributed by atoms with Gasteiger partial charge in [-0.1, -0.05) is 24.8 Å². The van der Waals surface area contributed by atoms with E-state index in [-0.39, 0.29) is 10.9 Å². The van der Waals surface area contributed by atoms with Gasteiger partial charge in [-0.15, -0.1) is 0 Å². The van der Waals surface area contributed by atoms with Crippen LogP contribution in [0.2, 0.25) is 0 Å². The number of hydrogen-bond donors (Lipinski definition) is 1. The van der Waals surface area contributed by atoms with E-state index < -0.39 is 5.97 Å². The molecule has 17 heavy (non-hydrogen) atoms. The first-order chi connectivity index (χ1) is 7.87. The van der Waals surface area contributed by atoms with E-state index in [0.29, 0.717) is 6.42 Å². The first kappa shape index (κ1) is 12.3. The van der Waals surface area contributed by atoms with Crippen LogP contribution in [0, 0.1) is 5.92 Å². The van der Waals surface area contributed by atoms with Crippen LogP contribution in [-0.2, 0) is 11.2 Å². The third-order valence-corrected chi connectivity index (χ3v) is 3.82. The van der Waals surface area contributed by atoms with E-state index in [0.717, 1.165) is 16.2 Å². The molecular formula is C13H16O3S. The summed E-state index contributed by atoms with van der Waals surface area (Å²) in [6, 6.07) is 5.95. The Morgan fingerprint density at radius 1 is 1.53 bits per heavy atom. The smallest absolute Gasteiger partial charge is 0.306 e. The summed E-state index contributed by atoms with van der Waals surface area (Å²) in [5, 5.41) is 8.88. The van der Waals surface area contributed by atoms with Crippen LogP contribution in [0.1, 0.15) is 26.3 Å². The van der Waals surface area contributed by atoms with Gasteiger partial charge in [-0.2, -0.15) is 0 Å². The van der Waals surface area contributed by atoms with Crippen LogP contribution in [0.25, 0.3) is 0 Å². The minimum Gasteiger partial charge on any atom is -0.481 e. The molecular weight excluding hydrogens is 236 g/mol. The van der Waals surface area contributed by atoms with Gasteiger partial charge < -0.3 is 9.84 Å². The molecule has 0 amide bonds. The summed E-state index contributed by atoms with van der Waals surface area (Å²) in [6.07, 6.45) is 0.539. The standard InChI is InChI=1S/C13H16O3S/c1-8(12(14)15)6-9-4-5-11-10(7-9)16-13(2,3)17-11/h4-5,7-8H,6H2,1-3H3,(H,14,15). The van der Waals surface area contributed by atoms with Gasteiger partial charge in [0.2, 0.25) is 0 Å². The fourth-order valence-electron chi connectivity index (χ4n) is 1.83. The Labute approximate surface area is 105 Å². The quantitative estimate of drug-likeness (QED) is 0.897. The molecule has 1 aliphatic rings. The van der Waals surface area contributed by atoms with Gasteiger partial charge in [0.1, 0.15) is 5.75 Å². The van der Waals surface area contributed by atoms with E-state index in [9.17, 15) is 4.79 Å². The summed E-state index contributed by atoms with van der Waals surface area (Å²) < 4.78 is 5.79. The van der Waals surface area contributed by atoms with Gasteiger partial charge in [-0.3, -0.25) is 4.79 Å². The second-order valence-electron chi connectivity index (χ2n) is 4.83. The van der Waals surface area contributed by atoms with Crippen molar-refractivity contribution in [2.75, 3.05) is 0 Å². The highest BCUT2D eigenvalue weighted by atomic mass is 32.2. The van der Waals surface area contributed by atoms with E-state index >= 15 is 0 Å². The topological polar surface area (TPSA) is 46.5 Å². The summed E-state index contributed by atoms with van der Waals surface area (Å²) in [5.74, 6) is -0.258. The Kier molecular flexibility index (Phi) is 3.08. The number of hydrogen-bond acceptors (Lipinski definition) is 3. The van der Waals surface area contributed by atoms with E-state index in [1.165, 1.54) is 0 Å². The van der Waals surface area contributed by atoms with Crippen molar-refractivity contribution in [1.82, 2.24) is 0 Å². The fraction of sp³-hybridized carbons (Fsp3) is 0.462. The maximum atomic E-state index is 10.8. The fourth-order valence-corrected chi connectivity index (χ4v) is 2.83. The number of carboxylic acids is 1. The Hall–Kier alpha value is -1.16. The molecule has 1 heterocycles. The van der Waals surface area contributed by atoms with E-state index in [1.54, 1.807) is 18.7 Å². The third-order valence-electron chi connectivity index (χ3n) is 2.68. The molecule has 0 spiro atoms. The highest BCUT2D eigenvalue weighted by Gasteiger charge is 2.31. The third kappa shape index (κ3) is 2.75. The lowest BCUT2D eigenvalue weighted by Crippen LogP contribution is -2.18. The highest BCUT2D eigenvalue weighted by Crippen LogP contribution is 2.47. The van der Waals surface area contributed by atoms with Crippen LogP contribution < -0.4 is 4.74 Å². The molecule has 1 unspecified atom stereocenters. The summed E-state index contributed by atoms with van der Waals surface area (Å²) in [6.45, 7) is 5.77. The number of fused-ring (bicyclic) bond motifs is 1. The lowest BCUT2D eigenvalue weighted by Gasteiger charge is -2.15. The molecule has 1 aliphatic heterocycles. The molecule has 0 aliphatic carbocycles. The van der Waals surface area contributed by atoms with Crippen molar-refractivity contribution in [3.05, 3.63) is 23.8 Å². The Balaban J connectivity index is 2.16. The average molecular weight is 252 g/mol. The molecule has 0 fully saturated rings. The number of aliphatic carboxylic acids is 1. The molecule has 1 atom stereocenters. The maximum Gasteiger partial charge on any atom is 0.306 e. The average Bonchev–Trinajstić information content (AvgIpc) is 2.50. The highest BCUT2D eigenvalue weighted by molar-refractivity contribution is 8.00. The van der Waals surface area contributed by atoms with E-state index in [2.05, 4.69) is 0 Å². The summed E-state index contributed by atoms with van der Waals surface area (Å²) >= 11 is 1.69. The number of carbonyl (C=O) groups is 1. The minimum atomic E-state index is -0.763. The van der Waals surface area contributed by atoms with Crippen molar-refractivity contribution in [2.45, 2.75) is 37.0 Å². The molecule has 2 rings (SSSR count). The van der Waals surface area contributed by atoms with Crippen molar-refractivity contribution < 1.29 is 14.6 Å². The van der Waals surface area contributed by atoms with Crippen molar-refractivity contribution >= 4 is 17.7 Å². The molecule has 4 heteroatoms.